The van der Waals surface area contributed by atoms with Crippen molar-refractivity contribution in [3.05, 3.63) is 142 Å². The zero-order valence-electron chi connectivity index (χ0n) is 43.5. The molecule has 0 fully saturated rings. The maximum atomic E-state index is 7.77. The van der Waals surface area contributed by atoms with Crippen LogP contribution in [0.2, 0.25) is 12.1 Å². The Labute approximate surface area is 428 Å². The molecule has 5 aromatic carbocycles. The molecule has 0 bridgehead atoms. The van der Waals surface area contributed by atoms with Gasteiger partial charge in [0, 0.05) is 43.2 Å². The normalized spacial score (nSPS) is 26.3. The summed E-state index contributed by atoms with van der Waals surface area (Å²) < 4.78 is 7.81. The molecule has 0 saturated carbocycles. The molecule has 1 aromatic heterocycles. The van der Waals surface area contributed by atoms with Gasteiger partial charge in [-0.05, 0) is 194 Å². The molecular formula is C63H70BIN2OSi. The summed E-state index contributed by atoms with van der Waals surface area (Å²) in [4.78, 5) is 5.45. The van der Waals surface area contributed by atoms with Crippen LogP contribution in [0.4, 0.5) is 34.1 Å². The standard InChI is InChI=1S/C63H70BIN2OSi/c1-36-29-50-54-51(30-36)67(48-19-16-18-39-38-17-14-15-20-53(38)69(13)56(39)48)55-40-32-43-46(63(12,65)28-27-62(43,10)11)35-52(40)68-57(55)64(54)47-33-44-45(61(8,9)26-25-60(44,6)7)34-49(47)66(50)37-21-22-41-42(31-37)59(4,5)24-23-58(41,2)3/h14-22,29-35,38,53,69H,23-28H2,1-13H3/t38?,53?,63-,69?/m0/s1. The minimum absolute atomic E-state index is 0.0314. The molecular weight excluding hydrogens is 967 g/mol. The molecule has 0 N–H and O–H groups in total. The van der Waals surface area contributed by atoms with Gasteiger partial charge in [-0.3, -0.25) is 0 Å². The van der Waals surface area contributed by atoms with Crippen LogP contribution < -0.4 is 31.6 Å². The SMILES string of the molecule is Cc1cc2c3c(c1)N(c1cccc4c1[SiH](C)C1C=CC=CC41)c1c(oc4cc5c(cc14)C(C)(C)CC[C@]5(C)I)B3c1cc3c(cc1N2c1ccc2c(c1)C(C)(C)CCC2(C)C)C(C)(C)CCC3(C)C. The van der Waals surface area contributed by atoms with Gasteiger partial charge in [-0.15, -0.1) is 0 Å². The van der Waals surface area contributed by atoms with Crippen LogP contribution in [0.3, 0.4) is 0 Å². The van der Waals surface area contributed by atoms with Crippen molar-refractivity contribution in [3.63, 3.8) is 0 Å². The first kappa shape index (κ1) is 44.7. The number of fused-ring (bicyclic) bond motifs is 12. The first-order valence-electron chi connectivity index (χ1n) is 26.4. The molecule has 69 heavy (non-hydrogen) atoms. The number of benzene rings is 5. The fraction of sp³-hybridized carbons (Fsp3) is 0.429. The van der Waals surface area contributed by atoms with E-state index in [2.05, 4.69) is 219 Å². The summed E-state index contributed by atoms with van der Waals surface area (Å²) in [6.45, 7) is 32.1. The van der Waals surface area contributed by atoms with Gasteiger partial charge >= 0.3 is 0 Å². The van der Waals surface area contributed by atoms with Gasteiger partial charge < -0.3 is 14.2 Å². The number of anilines is 6. The van der Waals surface area contributed by atoms with Crippen molar-refractivity contribution >= 4 is 105 Å². The largest absolute Gasteiger partial charge is 0.468 e. The van der Waals surface area contributed by atoms with E-state index in [0.29, 0.717) is 11.5 Å². The number of alkyl halides is 1. The van der Waals surface area contributed by atoms with Crippen molar-refractivity contribution in [1.29, 1.82) is 0 Å². The summed E-state index contributed by atoms with van der Waals surface area (Å²) >= 11 is 2.74. The Balaban J connectivity index is 1.17. The molecule has 6 aromatic rings. The van der Waals surface area contributed by atoms with Gasteiger partial charge in [0.25, 0.3) is 6.71 Å². The van der Waals surface area contributed by atoms with E-state index in [-0.39, 0.29) is 37.2 Å². The molecule has 3 unspecified atom stereocenters. The molecule has 352 valence electrons. The molecule has 4 atom stereocenters. The van der Waals surface area contributed by atoms with Crippen molar-refractivity contribution in [2.75, 3.05) is 9.80 Å². The lowest BCUT2D eigenvalue weighted by Crippen LogP contribution is -2.61. The van der Waals surface area contributed by atoms with Crippen LogP contribution >= 0.6 is 22.6 Å². The van der Waals surface area contributed by atoms with E-state index in [9.17, 15) is 0 Å². The van der Waals surface area contributed by atoms with Crippen LogP contribution in [-0.4, -0.2) is 15.5 Å². The van der Waals surface area contributed by atoms with Crippen LogP contribution in [0.5, 0.6) is 0 Å². The smallest absolute Gasteiger partial charge is 0.297 e. The molecule has 13 rings (SSSR count). The molecule has 0 amide bonds. The molecule has 6 heteroatoms. The van der Waals surface area contributed by atoms with Crippen LogP contribution in [0, 0.1) is 6.92 Å². The second-order valence-corrected chi connectivity index (χ2v) is 31.6. The van der Waals surface area contributed by atoms with Gasteiger partial charge in [0.15, 0.2) is 0 Å². The predicted molar refractivity (Wildman–Crippen MR) is 307 cm³/mol. The third kappa shape index (κ3) is 6.15. The Kier molecular flexibility index (Phi) is 9.21. The van der Waals surface area contributed by atoms with E-state index in [4.69, 9.17) is 4.42 Å². The monoisotopic (exact) mass is 1040 g/mol. The van der Waals surface area contributed by atoms with Crippen LogP contribution in [-0.2, 0) is 30.5 Å². The van der Waals surface area contributed by atoms with E-state index < -0.39 is 8.80 Å². The van der Waals surface area contributed by atoms with Crippen molar-refractivity contribution in [2.45, 2.75) is 170 Å². The average Bonchev–Trinajstić information content (AvgIpc) is 3.82. The number of hydrogen-bond donors (Lipinski definition) is 0. The highest BCUT2D eigenvalue weighted by atomic mass is 127. The summed E-state index contributed by atoms with van der Waals surface area (Å²) in [5, 5.41) is 2.87. The molecule has 3 nitrogen and oxygen atoms in total. The number of nitrogens with zero attached hydrogens (tertiary/aromatic N) is 2. The molecule has 7 aliphatic rings. The van der Waals surface area contributed by atoms with E-state index in [1.54, 1.807) is 5.19 Å². The fourth-order valence-electron chi connectivity index (χ4n) is 14.9. The minimum Gasteiger partial charge on any atom is -0.468 e. The molecule has 3 aliphatic heterocycles. The lowest BCUT2D eigenvalue weighted by atomic mass is 9.35. The highest BCUT2D eigenvalue weighted by Gasteiger charge is 2.51. The zero-order chi connectivity index (χ0) is 48.3. The lowest BCUT2D eigenvalue weighted by molar-refractivity contribution is 0.332. The predicted octanol–water partition coefficient (Wildman–Crippen LogP) is 14.9. The summed E-state index contributed by atoms with van der Waals surface area (Å²) in [6.07, 6.45) is 16.7. The zero-order valence-corrected chi connectivity index (χ0v) is 46.8. The number of halogens is 1. The lowest BCUT2D eigenvalue weighted by Gasteiger charge is -2.47. The van der Waals surface area contributed by atoms with Crippen molar-refractivity contribution in [3.8, 4) is 0 Å². The van der Waals surface area contributed by atoms with Gasteiger partial charge in [-0.1, -0.05) is 147 Å². The number of rotatable bonds is 2. The maximum absolute atomic E-state index is 7.77. The Morgan fingerprint density at radius 3 is 1.88 bits per heavy atom. The average molecular weight is 1040 g/mol. The summed E-state index contributed by atoms with van der Waals surface area (Å²) in [5.41, 5.74) is 25.3. The number of furan rings is 1. The second kappa shape index (κ2) is 14.2. The third-order valence-electron chi connectivity index (χ3n) is 19.4. The topological polar surface area (TPSA) is 19.6 Å². The van der Waals surface area contributed by atoms with Gasteiger partial charge in [0.05, 0.1) is 20.1 Å². The quantitative estimate of drug-likeness (QED) is 0.0977. The van der Waals surface area contributed by atoms with Crippen LogP contribution in [0.25, 0.3) is 11.0 Å². The summed E-state index contributed by atoms with van der Waals surface area (Å²) in [5.74, 6) is 0.435. The van der Waals surface area contributed by atoms with Crippen molar-refractivity contribution in [1.82, 2.24) is 0 Å². The number of aryl methyl sites for hydroxylation is 1. The second-order valence-electron chi connectivity index (χ2n) is 26.3. The first-order chi connectivity index (χ1) is 32.5. The fourth-order valence-corrected chi connectivity index (χ4v) is 19.0. The highest BCUT2D eigenvalue weighted by Crippen LogP contribution is 2.56. The number of hydrogen-bond acceptors (Lipinski definition) is 3. The molecule has 0 spiro atoms. The molecule has 0 radical (unpaired) electrons. The van der Waals surface area contributed by atoms with Crippen LogP contribution in [0.1, 0.15) is 165 Å². The summed E-state index contributed by atoms with van der Waals surface area (Å²) in [7, 11) is -1.48. The molecule has 0 saturated heterocycles. The summed E-state index contributed by atoms with van der Waals surface area (Å²) in [6, 6.07) is 30.3. The van der Waals surface area contributed by atoms with Crippen molar-refractivity contribution in [2.24, 2.45) is 0 Å². The third-order valence-corrected chi connectivity index (χ3v) is 23.9. The molecule has 4 aliphatic carbocycles. The molecule has 4 heterocycles. The van der Waals surface area contributed by atoms with E-state index in [1.807, 2.05) is 0 Å². The van der Waals surface area contributed by atoms with Gasteiger partial charge in [0.1, 0.15) is 5.58 Å². The first-order valence-corrected chi connectivity index (χ1v) is 29.8. The van der Waals surface area contributed by atoms with E-state index in [1.165, 1.54) is 127 Å². The maximum Gasteiger partial charge on any atom is 0.297 e. The van der Waals surface area contributed by atoms with Crippen LogP contribution in [0.15, 0.2) is 102 Å². The highest BCUT2D eigenvalue weighted by molar-refractivity contribution is 14.1. The number of allylic oxidation sites excluding steroid dienone is 4. The van der Waals surface area contributed by atoms with Gasteiger partial charge in [-0.25, -0.2) is 0 Å². The van der Waals surface area contributed by atoms with Gasteiger partial charge in [0.2, 0.25) is 0 Å². The Bertz CT molecular complexity index is 3320. The van der Waals surface area contributed by atoms with Gasteiger partial charge in [-0.2, -0.15) is 0 Å². The van der Waals surface area contributed by atoms with Crippen molar-refractivity contribution < 1.29 is 4.42 Å². The Hall–Kier alpha value is -4.27. The van der Waals surface area contributed by atoms with E-state index >= 15 is 0 Å². The van der Waals surface area contributed by atoms with E-state index in [0.717, 1.165) is 17.7 Å². The Morgan fingerprint density at radius 1 is 0.594 bits per heavy atom. The minimum atomic E-state index is -1.48. The Morgan fingerprint density at radius 2 is 1.19 bits per heavy atom.